The summed E-state index contributed by atoms with van der Waals surface area (Å²) in [6.07, 6.45) is -11.1. The molecule has 0 aromatic heterocycles. The van der Waals surface area contributed by atoms with Crippen LogP contribution in [-0.4, -0.2) is 48.1 Å². The Labute approximate surface area is 227 Å². The van der Waals surface area contributed by atoms with E-state index in [1.165, 1.54) is 42.5 Å². The van der Waals surface area contributed by atoms with E-state index in [9.17, 15) is 41.0 Å². The molecule has 14 heteroatoms. The molecule has 0 heterocycles. The minimum Gasteiger partial charge on any atom is -0.376 e. The van der Waals surface area contributed by atoms with Gasteiger partial charge in [-0.3, -0.25) is 9.59 Å². The van der Waals surface area contributed by atoms with Crippen molar-refractivity contribution in [3.63, 3.8) is 0 Å². The molecule has 1 atom stereocenters. The number of carbonyl (C=O) groups excluding carboxylic acids is 2. The molecule has 0 aliphatic rings. The minimum atomic E-state index is -5.23. The van der Waals surface area contributed by atoms with Gasteiger partial charge in [0.15, 0.2) is 5.60 Å². The predicted molar refractivity (Wildman–Crippen MR) is 133 cm³/mol. The van der Waals surface area contributed by atoms with Crippen molar-refractivity contribution in [3.8, 4) is 0 Å². The van der Waals surface area contributed by atoms with Crippen molar-refractivity contribution in [2.75, 3.05) is 13.1 Å². The van der Waals surface area contributed by atoms with Gasteiger partial charge in [0.25, 0.3) is 5.91 Å². The highest BCUT2D eigenvalue weighted by Gasteiger charge is 2.55. The van der Waals surface area contributed by atoms with Crippen LogP contribution in [0.15, 0.2) is 54.6 Å². The maximum absolute atomic E-state index is 14.1. The third kappa shape index (κ3) is 7.20. The number of rotatable bonds is 8. The van der Waals surface area contributed by atoms with E-state index in [0.717, 1.165) is 12.1 Å². The van der Waals surface area contributed by atoms with Gasteiger partial charge in [-0.2, -0.15) is 26.3 Å². The summed E-state index contributed by atoms with van der Waals surface area (Å²) in [5.74, 6) is -1.93. The van der Waals surface area contributed by atoms with Crippen molar-refractivity contribution in [1.82, 2.24) is 10.6 Å². The van der Waals surface area contributed by atoms with Gasteiger partial charge in [0.1, 0.15) is 6.54 Å². The van der Waals surface area contributed by atoms with Crippen LogP contribution in [0.3, 0.4) is 0 Å². The maximum atomic E-state index is 14.1. The lowest BCUT2D eigenvalue weighted by atomic mass is 9.84. The van der Waals surface area contributed by atoms with Crippen LogP contribution in [-0.2, 0) is 10.4 Å². The van der Waals surface area contributed by atoms with Gasteiger partial charge in [0.2, 0.25) is 5.91 Å². The molecule has 0 saturated heterocycles. The van der Waals surface area contributed by atoms with Gasteiger partial charge in [-0.05, 0) is 40.6 Å². The zero-order valence-corrected chi connectivity index (χ0v) is 21.1. The fourth-order valence-corrected chi connectivity index (χ4v) is 4.31. The van der Waals surface area contributed by atoms with E-state index >= 15 is 0 Å². The summed E-state index contributed by atoms with van der Waals surface area (Å²) in [6.45, 7) is -2.34. The summed E-state index contributed by atoms with van der Waals surface area (Å²) < 4.78 is 79.1. The fourth-order valence-electron chi connectivity index (χ4n) is 3.79. The first-order chi connectivity index (χ1) is 18.0. The quantitative estimate of drug-likeness (QED) is 0.197. The Bertz CT molecular complexity index is 1410. The SMILES string of the molecule is N=C(CC(O)(c1cc(Cl)cc(Cl)c1)C(F)(F)F)c1ccc(C(=O)NCC(=O)NCC(F)(F)F)c2ccccc12. The summed E-state index contributed by atoms with van der Waals surface area (Å²) in [4.78, 5) is 24.3. The highest BCUT2D eigenvalue weighted by atomic mass is 35.5. The first-order valence-electron chi connectivity index (χ1n) is 11.0. The number of halogens is 8. The van der Waals surface area contributed by atoms with Crippen molar-refractivity contribution in [3.05, 3.63) is 81.3 Å². The van der Waals surface area contributed by atoms with Crippen molar-refractivity contribution in [2.45, 2.75) is 24.4 Å². The Kier molecular flexibility index (Phi) is 8.83. The highest BCUT2D eigenvalue weighted by Crippen LogP contribution is 2.44. The Morgan fingerprint density at radius 2 is 1.38 bits per heavy atom. The molecule has 4 N–H and O–H groups in total. The number of carbonyl (C=O) groups is 2. The lowest BCUT2D eigenvalue weighted by molar-refractivity contribution is -0.263. The van der Waals surface area contributed by atoms with Crippen molar-refractivity contribution >= 4 is 51.5 Å². The van der Waals surface area contributed by atoms with Crippen LogP contribution in [0.4, 0.5) is 26.3 Å². The van der Waals surface area contributed by atoms with Crippen LogP contribution in [0.2, 0.25) is 10.0 Å². The van der Waals surface area contributed by atoms with Crippen LogP contribution >= 0.6 is 23.2 Å². The zero-order chi connectivity index (χ0) is 29.2. The summed E-state index contributed by atoms with van der Waals surface area (Å²) in [5, 5.41) is 23.1. The van der Waals surface area contributed by atoms with E-state index in [2.05, 4.69) is 5.32 Å². The molecular weight excluding hydrogens is 575 g/mol. The van der Waals surface area contributed by atoms with E-state index in [-0.39, 0.29) is 31.9 Å². The normalized spacial score (nSPS) is 13.6. The Balaban J connectivity index is 1.91. The molecule has 208 valence electrons. The van der Waals surface area contributed by atoms with Crippen LogP contribution in [0, 0.1) is 5.41 Å². The number of benzene rings is 3. The molecule has 6 nitrogen and oxygen atoms in total. The second-order valence-electron chi connectivity index (χ2n) is 8.45. The molecule has 0 saturated carbocycles. The number of amides is 2. The predicted octanol–water partition coefficient (Wildman–Crippen LogP) is 5.76. The first kappa shape index (κ1) is 30.2. The summed E-state index contributed by atoms with van der Waals surface area (Å²) in [5.41, 5.74) is -4.89. The number of aliphatic hydroxyl groups is 1. The van der Waals surface area contributed by atoms with Crippen LogP contribution in [0.25, 0.3) is 10.8 Å². The second-order valence-corrected chi connectivity index (χ2v) is 9.33. The molecule has 3 rings (SSSR count). The van der Waals surface area contributed by atoms with Gasteiger partial charge < -0.3 is 21.1 Å². The number of nitrogens with one attached hydrogen (secondary N) is 3. The topological polar surface area (TPSA) is 102 Å². The molecule has 3 aromatic carbocycles. The van der Waals surface area contributed by atoms with Gasteiger partial charge in [-0.25, -0.2) is 0 Å². The van der Waals surface area contributed by atoms with E-state index < -0.39 is 60.6 Å². The molecule has 2 amide bonds. The molecule has 0 fully saturated rings. The van der Waals surface area contributed by atoms with E-state index in [4.69, 9.17) is 28.6 Å². The first-order valence-corrected chi connectivity index (χ1v) is 11.7. The van der Waals surface area contributed by atoms with Crippen molar-refractivity contribution in [1.29, 1.82) is 5.41 Å². The monoisotopic (exact) mass is 593 g/mol. The lowest BCUT2D eigenvalue weighted by Gasteiger charge is -2.31. The summed E-state index contributed by atoms with van der Waals surface area (Å²) in [6, 6.07) is 11.3. The van der Waals surface area contributed by atoms with Crippen LogP contribution in [0.1, 0.15) is 27.9 Å². The zero-order valence-electron chi connectivity index (χ0n) is 19.6. The number of hydrogen-bond acceptors (Lipinski definition) is 4. The molecule has 3 aromatic rings. The molecule has 0 radical (unpaired) electrons. The van der Waals surface area contributed by atoms with Crippen LogP contribution in [0.5, 0.6) is 0 Å². The third-order valence-corrected chi connectivity index (χ3v) is 6.07. The van der Waals surface area contributed by atoms with Gasteiger partial charge in [-0.1, -0.05) is 53.5 Å². The van der Waals surface area contributed by atoms with Gasteiger partial charge in [0.05, 0.1) is 6.54 Å². The highest BCUT2D eigenvalue weighted by molar-refractivity contribution is 6.34. The molecule has 1 unspecified atom stereocenters. The molecule has 0 aliphatic carbocycles. The number of hydrogen-bond donors (Lipinski definition) is 4. The van der Waals surface area contributed by atoms with Gasteiger partial charge in [-0.15, -0.1) is 0 Å². The van der Waals surface area contributed by atoms with Crippen molar-refractivity contribution < 1.29 is 41.0 Å². The summed E-state index contributed by atoms with van der Waals surface area (Å²) in [7, 11) is 0. The molecule has 0 aliphatic heterocycles. The van der Waals surface area contributed by atoms with Gasteiger partial charge in [0, 0.05) is 33.3 Å². The van der Waals surface area contributed by atoms with E-state index in [1.54, 1.807) is 5.32 Å². The van der Waals surface area contributed by atoms with Gasteiger partial charge >= 0.3 is 12.4 Å². The fraction of sp³-hybridized carbons (Fsp3) is 0.240. The average molecular weight is 594 g/mol. The molecule has 0 bridgehead atoms. The Hall–Kier alpha value is -3.35. The van der Waals surface area contributed by atoms with E-state index in [1.807, 2.05) is 0 Å². The molecule has 39 heavy (non-hydrogen) atoms. The summed E-state index contributed by atoms with van der Waals surface area (Å²) >= 11 is 11.7. The number of fused-ring (bicyclic) bond motifs is 1. The smallest absolute Gasteiger partial charge is 0.376 e. The minimum absolute atomic E-state index is 0.0270. The largest absolute Gasteiger partial charge is 0.421 e. The number of alkyl halides is 6. The van der Waals surface area contributed by atoms with Crippen molar-refractivity contribution in [2.24, 2.45) is 0 Å². The second kappa shape index (κ2) is 11.4. The third-order valence-electron chi connectivity index (χ3n) is 5.63. The van der Waals surface area contributed by atoms with Crippen LogP contribution < -0.4 is 10.6 Å². The van der Waals surface area contributed by atoms with E-state index in [0.29, 0.717) is 0 Å². The molecule has 0 spiro atoms. The molecular formula is C25H19Cl2F6N3O3. The lowest BCUT2D eigenvalue weighted by Crippen LogP contribution is -2.44. The average Bonchev–Trinajstić information content (AvgIpc) is 2.83. The Morgan fingerprint density at radius 1 is 0.846 bits per heavy atom. The maximum Gasteiger partial charge on any atom is 0.421 e. The Morgan fingerprint density at radius 3 is 1.92 bits per heavy atom. The standard InChI is InChI=1S/C25H19Cl2F6N3O3/c26-14-7-13(8-15(27)9-14)23(39,25(31,32)33)10-20(34)18-5-6-19(17-4-2-1-3-16(17)18)22(38)35-11-21(37)36-12-24(28,29)30/h1-9,34,39H,10-12H2,(H,35,38)(H,36,37).